The van der Waals surface area contributed by atoms with Gasteiger partial charge in [-0.3, -0.25) is 0 Å². The van der Waals surface area contributed by atoms with E-state index in [-0.39, 0.29) is 0 Å². The minimum Gasteiger partial charge on any atom is -0.367 e. The van der Waals surface area contributed by atoms with Crippen molar-refractivity contribution in [1.82, 2.24) is 15.5 Å². The predicted octanol–water partition coefficient (Wildman–Crippen LogP) is 1.98. The molecule has 0 aromatic carbocycles. The number of nitrogens with one attached hydrogen (secondary N) is 2. The van der Waals surface area contributed by atoms with E-state index >= 15 is 0 Å². The normalized spacial score (nSPS) is 20.2. The molecule has 1 saturated heterocycles. The Labute approximate surface area is 103 Å². The Hall–Kier alpha value is -1.16. The molecule has 1 aromatic rings. The summed E-state index contributed by atoms with van der Waals surface area (Å²) in [6, 6.07) is 4.68. The molecule has 4 nitrogen and oxygen atoms in total. The summed E-state index contributed by atoms with van der Waals surface area (Å²) in [5.41, 5.74) is 1.08. The van der Waals surface area contributed by atoms with Crippen molar-refractivity contribution in [3.8, 4) is 0 Å². The monoisotopic (exact) mass is 234 g/mol. The Bertz CT molecular complexity index is 317. The van der Waals surface area contributed by atoms with Crippen LogP contribution in [0.1, 0.15) is 38.3 Å². The average Bonchev–Trinajstić information content (AvgIpc) is 2.40. The standard InChI is InChI=1S/C13H22N4/c1-2-5-11-7-8-13(17-16-11)15-10-12-6-3-4-9-14-12/h7-8,12,14H,2-6,9-10H2,1H3,(H,15,17). The van der Waals surface area contributed by atoms with Crippen LogP contribution in [0.2, 0.25) is 0 Å². The van der Waals surface area contributed by atoms with E-state index in [1.165, 1.54) is 19.3 Å². The summed E-state index contributed by atoms with van der Waals surface area (Å²) in [5.74, 6) is 0.886. The fraction of sp³-hybridized carbons (Fsp3) is 0.692. The van der Waals surface area contributed by atoms with Crippen molar-refractivity contribution in [3.05, 3.63) is 17.8 Å². The van der Waals surface area contributed by atoms with Crippen LogP contribution in [0, 0.1) is 0 Å². The first-order valence-corrected chi connectivity index (χ1v) is 6.68. The van der Waals surface area contributed by atoms with Crippen LogP contribution < -0.4 is 10.6 Å². The number of aromatic nitrogens is 2. The molecular weight excluding hydrogens is 212 g/mol. The highest BCUT2D eigenvalue weighted by Crippen LogP contribution is 2.08. The molecule has 17 heavy (non-hydrogen) atoms. The van der Waals surface area contributed by atoms with Gasteiger partial charge in [-0.15, -0.1) is 5.10 Å². The molecule has 0 spiro atoms. The SMILES string of the molecule is CCCc1ccc(NCC2CCCCN2)nn1. The molecule has 0 aliphatic carbocycles. The maximum atomic E-state index is 4.20. The Morgan fingerprint density at radius 1 is 1.35 bits per heavy atom. The zero-order valence-electron chi connectivity index (χ0n) is 10.6. The van der Waals surface area contributed by atoms with E-state index in [9.17, 15) is 0 Å². The maximum absolute atomic E-state index is 4.20. The van der Waals surface area contributed by atoms with Crippen LogP contribution in [0.15, 0.2) is 12.1 Å². The highest BCUT2D eigenvalue weighted by molar-refractivity contribution is 5.33. The van der Waals surface area contributed by atoms with Crippen molar-refractivity contribution >= 4 is 5.82 Å². The van der Waals surface area contributed by atoms with Gasteiger partial charge in [-0.25, -0.2) is 0 Å². The summed E-state index contributed by atoms with van der Waals surface area (Å²) >= 11 is 0. The minimum atomic E-state index is 0.584. The Morgan fingerprint density at radius 3 is 2.94 bits per heavy atom. The predicted molar refractivity (Wildman–Crippen MR) is 70.2 cm³/mol. The molecule has 4 heteroatoms. The third kappa shape index (κ3) is 3.97. The molecule has 1 aliphatic rings. The van der Waals surface area contributed by atoms with Gasteiger partial charge >= 0.3 is 0 Å². The number of piperidine rings is 1. The van der Waals surface area contributed by atoms with Crippen LogP contribution >= 0.6 is 0 Å². The zero-order chi connectivity index (χ0) is 11.9. The lowest BCUT2D eigenvalue weighted by molar-refractivity contribution is 0.414. The van der Waals surface area contributed by atoms with Crippen LogP contribution in [0.5, 0.6) is 0 Å². The van der Waals surface area contributed by atoms with Gasteiger partial charge in [0, 0.05) is 12.6 Å². The quantitative estimate of drug-likeness (QED) is 0.818. The largest absolute Gasteiger partial charge is 0.367 e. The summed E-state index contributed by atoms with van der Waals surface area (Å²) in [6.45, 7) is 4.25. The van der Waals surface area contributed by atoms with Crippen molar-refractivity contribution in [2.45, 2.75) is 45.1 Å². The number of nitrogens with zero attached hydrogens (tertiary/aromatic N) is 2. The second-order valence-electron chi connectivity index (χ2n) is 4.69. The Kier molecular flexibility index (Phi) is 4.74. The van der Waals surface area contributed by atoms with Gasteiger partial charge in [0.2, 0.25) is 0 Å². The lowest BCUT2D eigenvalue weighted by atomic mass is 10.1. The molecule has 1 fully saturated rings. The molecule has 0 amide bonds. The fourth-order valence-corrected chi connectivity index (χ4v) is 2.17. The summed E-state index contributed by atoms with van der Waals surface area (Å²) in [4.78, 5) is 0. The maximum Gasteiger partial charge on any atom is 0.148 e. The van der Waals surface area contributed by atoms with E-state index in [1.54, 1.807) is 0 Å². The summed E-state index contributed by atoms with van der Waals surface area (Å²) < 4.78 is 0. The average molecular weight is 234 g/mol. The van der Waals surface area contributed by atoms with E-state index < -0.39 is 0 Å². The number of hydrogen-bond acceptors (Lipinski definition) is 4. The fourth-order valence-electron chi connectivity index (χ4n) is 2.17. The summed E-state index contributed by atoms with van der Waals surface area (Å²) in [6.07, 6.45) is 6.03. The van der Waals surface area contributed by atoms with Crippen LogP contribution in [0.3, 0.4) is 0 Å². The van der Waals surface area contributed by atoms with Gasteiger partial charge in [-0.05, 0) is 37.9 Å². The van der Waals surface area contributed by atoms with Gasteiger partial charge in [0.25, 0.3) is 0 Å². The number of hydrogen-bond donors (Lipinski definition) is 2. The Balaban J connectivity index is 1.77. The molecule has 0 radical (unpaired) electrons. The van der Waals surface area contributed by atoms with Crippen molar-refractivity contribution in [2.24, 2.45) is 0 Å². The van der Waals surface area contributed by atoms with Gasteiger partial charge in [-0.1, -0.05) is 19.8 Å². The highest BCUT2D eigenvalue weighted by Gasteiger charge is 2.11. The Morgan fingerprint density at radius 2 is 2.29 bits per heavy atom. The molecule has 2 heterocycles. The number of anilines is 1. The molecule has 1 aliphatic heterocycles. The van der Waals surface area contributed by atoms with Crippen LogP contribution in [-0.4, -0.2) is 29.3 Å². The third-order valence-electron chi connectivity index (χ3n) is 3.17. The van der Waals surface area contributed by atoms with Gasteiger partial charge in [0.05, 0.1) is 5.69 Å². The first-order valence-electron chi connectivity index (χ1n) is 6.68. The van der Waals surface area contributed by atoms with Crippen molar-refractivity contribution in [1.29, 1.82) is 0 Å². The first-order chi connectivity index (χ1) is 8.38. The van der Waals surface area contributed by atoms with Crippen molar-refractivity contribution in [2.75, 3.05) is 18.4 Å². The first kappa shape index (κ1) is 12.3. The topological polar surface area (TPSA) is 49.8 Å². The van der Waals surface area contributed by atoms with Crippen LogP contribution in [0.4, 0.5) is 5.82 Å². The van der Waals surface area contributed by atoms with E-state index in [1.807, 2.05) is 6.07 Å². The number of aryl methyl sites for hydroxylation is 1. The van der Waals surface area contributed by atoms with Gasteiger partial charge in [0.15, 0.2) is 0 Å². The van der Waals surface area contributed by atoms with Crippen LogP contribution in [-0.2, 0) is 6.42 Å². The van der Waals surface area contributed by atoms with E-state index in [0.717, 1.165) is 37.4 Å². The summed E-state index contributed by atoms with van der Waals surface area (Å²) in [7, 11) is 0. The van der Waals surface area contributed by atoms with Crippen molar-refractivity contribution in [3.63, 3.8) is 0 Å². The molecule has 1 unspecified atom stereocenters. The molecule has 0 saturated carbocycles. The van der Waals surface area contributed by atoms with Crippen LogP contribution in [0.25, 0.3) is 0 Å². The van der Waals surface area contributed by atoms with Gasteiger partial charge in [-0.2, -0.15) is 5.10 Å². The minimum absolute atomic E-state index is 0.584. The van der Waals surface area contributed by atoms with E-state index in [2.05, 4.69) is 33.8 Å². The molecule has 1 atom stereocenters. The van der Waals surface area contributed by atoms with E-state index in [0.29, 0.717) is 6.04 Å². The highest BCUT2D eigenvalue weighted by atomic mass is 15.2. The third-order valence-corrected chi connectivity index (χ3v) is 3.17. The number of rotatable bonds is 5. The van der Waals surface area contributed by atoms with E-state index in [4.69, 9.17) is 0 Å². The second-order valence-corrected chi connectivity index (χ2v) is 4.69. The second kappa shape index (κ2) is 6.55. The molecular formula is C13H22N4. The van der Waals surface area contributed by atoms with Crippen molar-refractivity contribution < 1.29 is 0 Å². The molecule has 2 rings (SSSR count). The molecule has 94 valence electrons. The van der Waals surface area contributed by atoms with Gasteiger partial charge in [0.1, 0.15) is 5.82 Å². The molecule has 0 bridgehead atoms. The lowest BCUT2D eigenvalue weighted by Crippen LogP contribution is -2.39. The molecule has 1 aromatic heterocycles. The zero-order valence-corrected chi connectivity index (χ0v) is 10.6. The van der Waals surface area contributed by atoms with Gasteiger partial charge < -0.3 is 10.6 Å². The molecule has 2 N–H and O–H groups in total. The smallest absolute Gasteiger partial charge is 0.148 e. The lowest BCUT2D eigenvalue weighted by Gasteiger charge is -2.23. The summed E-state index contributed by atoms with van der Waals surface area (Å²) in [5, 5.41) is 15.2.